The highest BCUT2D eigenvalue weighted by Gasteiger charge is 2.33. The molecule has 0 aliphatic carbocycles. The number of hydrogen-bond donors (Lipinski definition) is 2. The Labute approximate surface area is 175 Å². The molecule has 2 heterocycles. The van der Waals surface area contributed by atoms with Crippen molar-refractivity contribution in [3.63, 3.8) is 0 Å². The number of nitrogens with two attached hydrogens (primary N) is 2. The number of halogens is 4. The second kappa shape index (κ2) is 8.59. The number of rotatable bonds is 6. The molecular formula is C17H13F4N7O2S. The van der Waals surface area contributed by atoms with Crippen LogP contribution in [0.5, 0.6) is 0 Å². The highest BCUT2D eigenvalue weighted by molar-refractivity contribution is 7.15. The van der Waals surface area contributed by atoms with Crippen LogP contribution in [0.25, 0.3) is 0 Å². The van der Waals surface area contributed by atoms with E-state index in [-0.39, 0.29) is 34.7 Å². The van der Waals surface area contributed by atoms with E-state index in [4.69, 9.17) is 11.5 Å². The number of urea groups is 1. The van der Waals surface area contributed by atoms with Crippen LogP contribution in [0.1, 0.15) is 16.1 Å². The summed E-state index contributed by atoms with van der Waals surface area (Å²) in [5, 5.41) is 7.28. The molecule has 4 N–H and O–H groups in total. The zero-order chi connectivity index (χ0) is 22.8. The fourth-order valence-electron chi connectivity index (χ4n) is 2.50. The summed E-state index contributed by atoms with van der Waals surface area (Å²) >= 11 is 0.710. The van der Waals surface area contributed by atoms with Crippen molar-refractivity contribution >= 4 is 39.9 Å². The highest BCUT2D eigenvalue weighted by atomic mass is 32.1. The van der Waals surface area contributed by atoms with E-state index in [0.717, 1.165) is 0 Å². The summed E-state index contributed by atoms with van der Waals surface area (Å²) in [6.45, 7) is 0. The van der Waals surface area contributed by atoms with E-state index in [0.29, 0.717) is 40.0 Å². The Hall–Kier alpha value is -3.68. The Morgan fingerprint density at radius 2 is 1.77 bits per heavy atom. The van der Waals surface area contributed by atoms with Gasteiger partial charge in [0, 0.05) is 18.8 Å². The van der Waals surface area contributed by atoms with Crippen molar-refractivity contribution in [2.75, 3.05) is 10.6 Å². The molecular weight excluding hydrogens is 442 g/mol. The van der Waals surface area contributed by atoms with Gasteiger partial charge in [-0.1, -0.05) is 11.3 Å². The number of hydrogen-bond acceptors (Lipinski definition) is 8. The molecule has 31 heavy (non-hydrogen) atoms. The van der Waals surface area contributed by atoms with Gasteiger partial charge in [-0.05, 0) is 23.8 Å². The first-order valence-electron chi connectivity index (χ1n) is 8.41. The molecule has 14 heteroatoms. The molecule has 0 spiro atoms. The molecule has 0 saturated heterocycles. The van der Waals surface area contributed by atoms with Crippen LogP contribution in [0.4, 0.5) is 39.1 Å². The molecule has 162 valence electrons. The number of alkyl halides is 3. The van der Waals surface area contributed by atoms with Crippen molar-refractivity contribution in [3.8, 4) is 0 Å². The van der Waals surface area contributed by atoms with Crippen molar-refractivity contribution in [1.82, 2.24) is 20.2 Å². The molecule has 0 saturated carbocycles. The summed E-state index contributed by atoms with van der Waals surface area (Å²) in [6.07, 6.45) is -2.22. The quantitative estimate of drug-likeness (QED) is 0.544. The van der Waals surface area contributed by atoms with Crippen LogP contribution in [0, 0.1) is 5.82 Å². The van der Waals surface area contributed by atoms with Gasteiger partial charge in [-0.2, -0.15) is 13.2 Å². The topological polar surface area (TPSA) is 141 Å². The van der Waals surface area contributed by atoms with E-state index >= 15 is 0 Å². The largest absolute Gasteiger partial charge is 0.416 e. The summed E-state index contributed by atoms with van der Waals surface area (Å²) in [4.78, 5) is 32.1. The minimum atomic E-state index is -4.77. The molecule has 0 radical (unpaired) electrons. The Morgan fingerprint density at radius 3 is 2.39 bits per heavy atom. The number of benzene rings is 1. The van der Waals surface area contributed by atoms with E-state index in [2.05, 4.69) is 20.2 Å². The molecule has 0 aliphatic heterocycles. The monoisotopic (exact) mass is 455 g/mol. The van der Waals surface area contributed by atoms with Crippen LogP contribution in [-0.2, 0) is 23.8 Å². The number of amides is 2. The van der Waals surface area contributed by atoms with Crippen molar-refractivity contribution in [3.05, 3.63) is 52.5 Å². The first kappa shape index (κ1) is 22.0. The Balaban J connectivity index is 1.82. The fraction of sp³-hybridized carbons (Fsp3) is 0.176. The zero-order valence-electron chi connectivity index (χ0n) is 15.4. The number of aromatic nitrogens is 4. The van der Waals surface area contributed by atoms with Crippen LogP contribution in [-0.4, -0.2) is 32.0 Å². The van der Waals surface area contributed by atoms with Crippen molar-refractivity contribution in [1.29, 1.82) is 0 Å². The number of primary amides is 1. The summed E-state index contributed by atoms with van der Waals surface area (Å²) in [5.74, 6) is -1.37. The molecule has 3 rings (SSSR count). The Morgan fingerprint density at radius 1 is 1.10 bits per heavy atom. The van der Waals surface area contributed by atoms with Crippen LogP contribution in [0.2, 0.25) is 0 Å². The normalized spacial score (nSPS) is 11.4. The van der Waals surface area contributed by atoms with E-state index < -0.39 is 29.3 Å². The molecule has 0 unspecified atom stereocenters. The van der Waals surface area contributed by atoms with Crippen LogP contribution in [0.15, 0.2) is 30.6 Å². The third-order valence-electron chi connectivity index (χ3n) is 3.86. The molecule has 0 bridgehead atoms. The van der Waals surface area contributed by atoms with Gasteiger partial charge in [0.15, 0.2) is 0 Å². The standard InChI is InChI=1S/C17H13F4N7O2S/c18-11-2-1-9(17(19,20)21)4-12(11)28(15(23)30)16-27-26-13(31-16)5-10(29)3-8-6-24-14(22)25-7-8/h1-2,4,6-7H,3,5H2,(H2,23,30)(H2,22,24,25). The Bertz CT molecular complexity index is 1120. The molecule has 1 aromatic carbocycles. The lowest BCUT2D eigenvalue weighted by atomic mass is 10.1. The minimum Gasteiger partial charge on any atom is -0.368 e. The third-order valence-corrected chi connectivity index (χ3v) is 4.77. The van der Waals surface area contributed by atoms with Crippen LogP contribution < -0.4 is 16.4 Å². The van der Waals surface area contributed by atoms with E-state index in [1.807, 2.05) is 0 Å². The van der Waals surface area contributed by atoms with Gasteiger partial charge in [0.2, 0.25) is 11.1 Å². The molecule has 9 nitrogen and oxygen atoms in total. The number of anilines is 3. The third kappa shape index (κ3) is 5.28. The summed E-state index contributed by atoms with van der Waals surface area (Å²) < 4.78 is 53.1. The number of ketones is 1. The van der Waals surface area contributed by atoms with Gasteiger partial charge in [0.05, 0.1) is 17.7 Å². The SMILES string of the molecule is NC(=O)N(c1nnc(CC(=O)Cc2cnc(N)nc2)s1)c1cc(C(F)(F)F)ccc1F. The van der Waals surface area contributed by atoms with Gasteiger partial charge < -0.3 is 11.5 Å². The maximum absolute atomic E-state index is 14.2. The number of carbonyl (C=O) groups excluding carboxylic acids is 2. The maximum Gasteiger partial charge on any atom is 0.416 e. The van der Waals surface area contributed by atoms with Gasteiger partial charge in [0.25, 0.3) is 0 Å². The molecule has 0 atom stereocenters. The second-order valence-electron chi connectivity index (χ2n) is 6.16. The van der Waals surface area contributed by atoms with Gasteiger partial charge in [0.1, 0.15) is 16.6 Å². The molecule has 2 aromatic heterocycles. The van der Waals surface area contributed by atoms with Gasteiger partial charge in [-0.3, -0.25) is 4.79 Å². The lowest BCUT2D eigenvalue weighted by Crippen LogP contribution is -2.32. The minimum absolute atomic E-state index is 0.0308. The average molecular weight is 455 g/mol. The highest BCUT2D eigenvalue weighted by Crippen LogP contribution is 2.36. The smallest absolute Gasteiger partial charge is 0.368 e. The lowest BCUT2D eigenvalue weighted by molar-refractivity contribution is -0.137. The first-order chi connectivity index (χ1) is 14.5. The van der Waals surface area contributed by atoms with Crippen LogP contribution in [0.3, 0.4) is 0 Å². The maximum atomic E-state index is 14.2. The van der Waals surface area contributed by atoms with E-state index in [1.54, 1.807) is 0 Å². The number of nitrogen functional groups attached to an aromatic ring is 1. The Kier molecular flexibility index (Phi) is 6.10. The lowest BCUT2D eigenvalue weighted by Gasteiger charge is -2.19. The number of nitrogens with zero attached hydrogens (tertiary/aromatic N) is 5. The van der Waals surface area contributed by atoms with Crippen molar-refractivity contribution in [2.45, 2.75) is 19.0 Å². The fourth-order valence-corrected chi connectivity index (χ4v) is 3.38. The average Bonchev–Trinajstić information content (AvgIpc) is 3.11. The zero-order valence-corrected chi connectivity index (χ0v) is 16.2. The molecule has 0 aliphatic rings. The number of Topliss-reactive ketones (excluding diaryl/α,β-unsaturated/α-hetero) is 1. The predicted molar refractivity (Wildman–Crippen MR) is 102 cm³/mol. The van der Waals surface area contributed by atoms with Crippen molar-refractivity contribution < 1.29 is 27.2 Å². The van der Waals surface area contributed by atoms with Crippen LogP contribution >= 0.6 is 11.3 Å². The molecule has 3 aromatic rings. The molecule has 2 amide bonds. The van der Waals surface area contributed by atoms with Gasteiger partial charge >= 0.3 is 12.2 Å². The van der Waals surface area contributed by atoms with Gasteiger partial charge in [-0.25, -0.2) is 24.1 Å². The first-order valence-corrected chi connectivity index (χ1v) is 9.23. The summed E-state index contributed by atoms with van der Waals surface area (Å²) in [6, 6.07) is 0.261. The van der Waals surface area contributed by atoms with E-state index in [1.165, 1.54) is 12.4 Å². The van der Waals surface area contributed by atoms with E-state index in [9.17, 15) is 27.2 Å². The predicted octanol–water partition coefficient (Wildman–Crippen LogP) is 2.64. The van der Waals surface area contributed by atoms with Gasteiger partial charge in [-0.15, -0.1) is 10.2 Å². The summed E-state index contributed by atoms with van der Waals surface area (Å²) in [7, 11) is 0. The second-order valence-corrected chi connectivity index (χ2v) is 7.20. The number of carbonyl (C=O) groups is 2. The van der Waals surface area contributed by atoms with Crippen molar-refractivity contribution in [2.24, 2.45) is 5.73 Å². The summed E-state index contributed by atoms with van der Waals surface area (Å²) in [5.41, 5.74) is 9.20. The molecule has 0 fully saturated rings.